The summed E-state index contributed by atoms with van der Waals surface area (Å²) in [7, 11) is 0. The molecule has 1 aliphatic carbocycles. The molecule has 66 heavy (non-hydrogen) atoms. The van der Waals surface area contributed by atoms with Crippen molar-refractivity contribution in [3.63, 3.8) is 0 Å². The van der Waals surface area contributed by atoms with Gasteiger partial charge in [-0.05, 0) is 147 Å². The number of anilines is 5. The van der Waals surface area contributed by atoms with Crippen LogP contribution >= 0.6 is 0 Å². The molecule has 8 aromatic carbocycles. The summed E-state index contributed by atoms with van der Waals surface area (Å²) >= 11 is 0. The van der Waals surface area contributed by atoms with Gasteiger partial charge in [-0.25, -0.2) is 0 Å². The number of rotatable bonds is 8. The molecule has 0 fully saturated rings. The normalized spacial score (nSPS) is 12.8. The summed E-state index contributed by atoms with van der Waals surface area (Å²) in [6.45, 7) is 19.0. The minimum absolute atomic E-state index is 0.785. The molecule has 2 heterocycles. The lowest BCUT2D eigenvalue weighted by Crippen LogP contribution is -2.16. The van der Waals surface area contributed by atoms with Crippen LogP contribution in [0.25, 0.3) is 72.1 Å². The van der Waals surface area contributed by atoms with E-state index in [0.717, 1.165) is 90.7 Å². The Morgan fingerprint density at radius 2 is 1.11 bits per heavy atom. The van der Waals surface area contributed by atoms with Gasteiger partial charge in [0.1, 0.15) is 11.3 Å². The van der Waals surface area contributed by atoms with Crippen molar-refractivity contribution >= 4 is 101 Å². The molecule has 10 aromatic rings. The molecule has 0 aliphatic heterocycles. The second-order valence-corrected chi connectivity index (χ2v) is 17.6. The highest BCUT2D eigenvalue weighted by Gasteiger charge is 2.28. The van der Waals surface area contributed by atoms with Crippen molar-refractivity contribution < 1.29 is 8.83 Å². The Hall–Kier alpha value is -7.56. The molecule has 2 aromatic heterocycles. The summed E-state index contributed by atoms with van der Waals surface area (Å²) in [5, 5.41) is 9.44. The van der Waals surface area contributed by atoms with E-state index in [1.54, 1.807) is 0 Å². The number of hydrogen-bond donors (Lipinski definition) is 0. The van der Waals surface area contributed by atoms with E-state index < -0.39 is 0 Å². The third-order valence-corrected chi connectivity index (χ3v) is 12.9. The molecule has 0 saturated heterocycles. The molecule has 0 bridgehead atoms. The zero-order valence-electron chi connectivity index (χ0n) is 39.5. The smallest absolute Gasteiger partial charge is 0.159 e. The number of nitrogens with zero attached hydrogens (tertiary/aromatic N) is 2. The van der Waals surface area contributed by atoms with Crippen molar-refractivity contribution in [1.82, 2.24) is 0 Å². The third kappa shape index (κ3) is 7.09. The molecule has 11 rings (SSSR count). The average molecular weight is 861 g/mol. The first-order valence-corrected chi connectivity index (χ1v) is 23.3. The molecule has 0 N–H and O–H groups in total. The number of fused-ring (bicyclic) bond motifs is 4. The Morgan fingerprint density at radius 1 is 0.530 bits per heavy atom. The highest BCUT2D eigenvalue weighted by molar-refractivity contribution is 6.28. The summed E-state index contributed by atoms with van der Waals surface area (Å²) in [6.07, 6.45) is 15.9. The van der Waals surface area contributed by atoms with Gasteiger partial charge < -0.3 is 18.6 Å². The van der Waals surface area contributed by atoms with Crippen LogP contribution in [0.4, 0.5) is 28.4 Å². The van der Waals surface area contributed by atoms with Gasteiger partial charge in [0, 0.05) is 44.0 Å². The SMILES string of the molecule is C/C=C/C=C\c1c(C)oc2c(N(c3cc(C)cc(C)c3)c3ccc4ccc5c(N(C6=CCC=Cc7c6oc6c(C)cccc76)c6cc(C)cc(C)c6)ccc6ccc3c4c65)cccc12.CC. The number of allylic oxidation sites excluding steroid dienone is 5. The van der Waals surface area contributed by atoms with Crippen LogP contribution in [0.1, 0.15) is 77.7 Å². The molecular weight excluding hydrogens is 805 g/mol. The lowest BCUT2D eigenvalue weighted by Gasteiger charge is -2.30. The van der Waals surface area contributed by atoms with Crippen LogP contribution in [0.2, 0.25) is 0 Å². The van der Waals surface area contributed by atoms with E-state index in [0.29, 0.717) is 0 Å². The minimum atomic E-state index is 0.785. The average Bonchev–Trinajstić information content (AvgIpc) is 3.76. The maximum absolute atomic E-state index is 6.95. The van der Waals surface area contributed by atoms with Gasteiger partial charge in [0.05, 0.1) is 22.8 Å². The van der Waals surface area contributed by atoms with Crippen molar-refractivity contribution in [2.45, 2.75) is 68.7 Å². The van der Waals surface area contributed by atoms with E-state index in [1.807, 2.05) is 26.8 Å². The predicted octanol–water partition coefficient (Wildman–Crippen LogP) is 18.6. The molecular formula is C62H56N2O2. The maximum Gasteiger partial charge on any atom is 0.159 e. The second kappa shape index (κ2) is 17.1. The Labute approximate surface area is 388 Å². The largest absolute Gasteiger partial charge is 0.459 e. The minimum Gasteiger partial charge on any atom is -0.459 e. The zero-order chi connectivity index (χ0) is 45.8. The van der Waals surface area contributed by atoms with Gasteiger partial charge in [0.15, 0.2) is 11.3 Å². The van der Waals surface area contributed by atoms with Gasteiger partial charge in [-0.2, -0.15) is 0 Å². The van der Waals surface area contributed by atoms with E-state index in [1.165, 1.54) is 54.6 Å². The fraction of sp³-hybridized carbons (Fsp3) is 0.161. The highest BCUT2D eigenvalue weighted by Crippen LogP contribution is 2.50. The van der Waals surface area contributed by atoms with E-state index in [9.17, 15) is 0 Å². The topological polar surface area (TPSA) is 32.8 Å². The molecule has 0 spiro atoms. The van der Waals surface area contributed by atoms with Crippen molar-refractivity contribution in [2.75, 3.05) is 9.80 Å². The number of benzene rings is 8. The molecule has 1 aliphatic rings. The summed E-state index contributed by atoms with van der Waals surface area (Å²) in [5.74, 6) is 1.78. The van der Waals surface area contributed by atoms with Crippen molar-refractivity contribution in [2.24, 2.45) is 0 Å². The number of aryl methyl sites for hydroxylation is 6. The quantitative estimate of drug-likeness (QED) is 0.113. The van der Waals surface area contributed by atoms with Crippen LogP contribution in [-0.2, 0) is 0 Å². The third-order valence-electron chi connectivity index (χ3n) is 12.9. The Kier molecular flexibility index (Phi) is 11.0. The monoisotopic (exact) mass is 860 g/mol. The van der Waals surface area contributed by atoms with Gasteiger partial charge in [-0.3, -0.25) is 0 Å². The fourth-order valence-electron chi connectivity index (χ4n) is 10.3. The molecule has 0 radical (unpaired) electrons. The summed E-state index contributed by atoms with van der Waals surface area (Å²) in [4.78, 5) is 4.86. The van der Waals surface area contributed by atoms with Crippen molar-refractivity contribution in [3.05, 3.63) is 202 Å². The second-order valence-electron chi connectivity index (χ2n) is 17.6. The van der Waals surface area contributed by atoms with E-state index >= 15 is 0 Å². The highest BCUT2D eigenvalue weighted by atomic mass is 16.3. The number of hydrogen-bond acceptors (Lipinski definition) is 4. The predicted molar refractivity (Wildman–Crippen MR) is 285 cm³/mol. The van der Waals surface area contributed by atoms with Crippen LogP contribution in [0.5, 0.6) is 0 Å². The van der Waals surface area contributed by atoms with Crippen LogP contribution in [0.3, 0.4) is 0 Å². The maximum atomic E-state index is 6.95. The summed E-state index contributed by atoms with van der Waals surface area (Å²) in [5.41, 5.74) is 16.4. The first-order chi connectivity index (χ1) is 32.2. The number of furan rings is 2. The lowest BCUT2D eigenvalue weighted by molar-refractivity contribution is 0.578. The van der Waals surface area contributed by atoms with Gasteiger partial charge in [0.2, 0.25) is 0 Å². The molecule has 0 unspecified atom stereocenters. The van der Waals surface area contributed by atoms with Gasteiger partial charge >= 0.3 is 0 Å². The molecule has 0 atom stereocenters. The summed E-state index contributed by atoms with van der Waals surface area (Å²) < 4.78 is 13.7. The van der Waals surface area contributed by atoms with Gasteiger partial charge in [-0.1, -0.05) is 135 Å². The fourth-order valence-corrected chi connectivity index (χ4v) is 10.3. The number of para-hydroxylation sites is 2. The first-order valence-electron chi connectivity index (χ1n) is 23.3. The molecule has 0 saturated carbocycles. The Morgan fingerprint density at radius 3 is 1.74 bits per heavy atom. The summed E-state index contributed by atoms with van der Waals surface area (Å²) in [6, 6.07) is 45.1. The molecule has 0 amide bonds. The van der Waals surface area contributed by atoms with Crippen molar-refractivity contribution in [3.8, 4) is 0 Å². The van der Waals surface area contributed by atoms with Crippen molar-refractivity contribution in [1.29, 1.82) is 0 Å². The van der Waals surface area contributed by atoms with Crippen LogP contribution < -0.4 is 9.80 Å². The van der Waals surface area contributed by atoms with Crippen LogP contribution in [0, 0.1) is 41.5 Å². The lowest BCUT2D eigenvalue weighted by atomic mass is 9.91. The standard InChI is InChI=1S/C60H50N2O2.C2H6/c1-8-9-10-16-46-41(7)63-59-47(46)19-14-21-55(59)62(45-34-38(4)31-39(5)35-45)53-29-25-43-22-26-50-52(28-24-42-23-27-51(53)57(43)56(42)50)61(44-32-36(2)30-37(3)33-44)54-20-12-11-17-49-48-18-13-15-40(6)58(48)64-60(49)54;1-2/h8-11,13-35H,12H2,1-7H3;1-2H3/b9-8+,16-10-;. The Bertz CT molecular complexity index is 3580. The molecule has 326 valence electrons. The van der Waals surface area contributed by atoms with Gasteiger partial charge in [-0.15, -0.1) is 0 Å². The van der Waals surface area contributed by atoms with E-state index in [-0.39, 0.29) is 0 Å². The van der Waals surface area contributed by atoms with Crippen LogP contribution in [0.15, 0.2) is 161 Å². The molecule has 4 heteroatoms. The Balaban J connectivity index is 0.00000252. The van der Waals surface area contributed by atoms with Gasteiger partial charge in [0.25, 0.3) is 0 Å². The van der Waals surface area contributed by atoms with Crippen LogP contribution in [-0.4, -0.2) is 0 Å². The van der Waals surface area contributed by atoms with E-state index in [2.05, 4.69) is 209 Å². The molecule has 4 nitrogen and oxygen atoms in total. The zero-order valence-corrected chi connectivity index (χ0v) is 39.5. The van der Waals surface area contributed by atoms with E-state index in [4.69, 9.17) is 8.83 Å². The first kappa shape index (κ1) is 42.4.